The summed E-state index contributed by atoms with van der Waals surface area (Å²) in [6.07, 6.45) is 4.32. The predicted molar refractivity (Wildman–Crippen MR) is 82.4 cm³/mol. The first-order valence-electron chi connectivity index (χ1n) is 7.66. The van der Waals surface area contributed by atoms with Crippen LogP contribution in [-0.4, -0.2) is 30.8 Å². The second-order valence-corrected chi connectivity index (χ2v) is 5.95. The highest BCUT2D eigenvalue weighted by molar-refractivity contribution is 5.79. The summed E-state index contributed by atoms with van der Waals surface area (Å²) >= 11 is 0. The number of carbonyl (C=O) groups is 1. The maximum Gasteiger partial charge on any atom is 0.224 e. The molecule has 0 aromatic heterocycles. The van der Waals surface area contributed by atoms with E-state index in [1.807, 2.05) is 25.1 Å². The predicted octanol–water partition coefficient (Wildman–Crippen LogP) is 2.21. The Labute approximate surface area is 126 Å². The molecule has 1 aromatic carbocycles. The number of amides is 1. The minimum Gasteiger partial charge on any atom is -0.496 e. The van der Waals surface area contributed by atoms with Gasteiger partial charge in [0.05, 0.1) is 13.5 Å². The Balaban J connectivity index is 1.85. The van der Waals surface area contributed by atoms with Gasteiger partial charge in [0.15, 0.2) is 0 Å². The van der Waals surface area contributed by atoms with Crippen molar-refractivity contribution in [2.24, 2.45) is 5.92 Å². The van der Waals surface area contributed by atoms with Crippen LogP contribution in [0.3, 0.4) is 0 Å². The first kappa shape index (κ1) is 15.8. The molecule has 0 saturated heterocycles. The summed E-state index contributed by atoms with van der Waals surface area (Å²) in [4.78, 5) is 12.1. The summed E-state index contributed by atoms with van der Waals surface area (Å²) in [5.41, 5.74) is 2.04. The van der Waals surface area contributed by atoms with Crippen LogP contribution in [0.1, 0.15) is 36.8 Å². The second-order valence-electron chi connectivity index (χ2n) is 5.95. The van der Waals surface area contributed by atoms with E-state index in [2.05, 4.69) is 5.32 Å². The molecular formula is C17H25NO3. The van der Waals surface area contributed by atoms with Crippen LogP contribution in [0.15, 0.2) is 18.2 Å². The van der Waals surface area contributed by atoms with Gasteiger partial charge in [-0.05, 0) is 55.7 Å². The van der Waals surface area contributed by atoms with Crippen LogP contribution in [-0.2, 0) is 11.2 Å². The van der Waals surface area contributed by atoms with Crippen LogP contribution < -0.4 is 10.1 Å². The number of hydrogen-bond acceptors (Lipinski definition) is 3. The van der Waals surface area contributed by atoms with Crippen molar-refractivity contribution in [1.82, 2.24) is 5.32 Å². The van der Waals surface area contributed by atoms with Crippen LogP contribution in [0.5, 0.6) is 5.75 Å². The van der Waals surface area contributed by atoms with Crippen molar-refractivity contribution in [2.75, 3.05) is 13.7 Å². The van der Waals surface area contributed by atoms with Crippen molar-refractivity contribution in [3.05, 3.63) is 29.3 Å². The summed E-state index contributed by atoms with van der Waals surface area (Å²) in [5, 5.41) is 12.2. The molecule has 1 aliphatic carbocycles. The Morgan fingerprint density at radius 3 is 2.67 bits per heavy atom. The fourth-order valence-corrected chi connectivity index (χ4v) is 2.93. The molecule has 0 radical (unpaired) electrons. The van der Waals surface area contributed by atoms with Gasteiger partial charge in [-0.3, -0.25) is 4.79 Å². The van der Waals surface area contributed by atoms with Crippen molar-refractivity contribution >= 4 is 5.91 Å². The summed E-state index contributed by atoms with van der Waals surface area (Å²) in [5.74, 6) is 1.30. The van der Waals surface area contributed by atoms with Gasteiger partial charge in [-0.2, -0.15) is 0 Å². The number of rotatable bonds is 5. The van der Waals surface area contributed by atoms with Gasteiger partial charge in [0, 0.05) is 12.6 Å². The smallest absolute Gasteiger partial charge is 0.224 e. The molecule has 1 aromatic rings. The number of carbonyl (C=O) groups excluding carboxylic acids is 1. The Kier molecular flexibility index (Phi) is 5.62. The van der Waals surface area contributed by atoms with E-state index >= 15 is 0 Å². The zero-order chi connectivity index (χ0) is 15.2. The van der Waals surface area contributed by atoms with Gasteiger partial charge in [0.25, 0.3) is 0 Å². The van der Waals surface area contributed by atoms with Crippen LogP contribution >= 0.6 is 0 Å². The number of aliphatic hydroxyl groups excluding tert-OH is 1. The fourth-order valence-electron chi connectivity index (χ4n) is 2.93. The summed E-state index contributed by atoms with van der Waals surface area (Å²) in [6, 6.07) is 6.14. The average Bonchev–Trinajstić information content (AvgIpc) is 2.50. The van der Waals surface area contributed by atoms with Gasteiger partial charge < -0.3 is 15.2 Å². The van der Waals surface area contributed by atoms with E-state index in [-0.39, 0.29) is 18.6 Å². The Morgan fingerprint density at radius 1 is 1.33 bits per heavy atom. The third kappa shape index (κ3) is 4.46. The molecule has 4 heteroatoms. The molecule has 0 spiro atoms. The van der Waals surface area contributed by atoms with E-state index in [1.165, 1.54) is 0 Å². The normalized spacial score (nSPS) is 21.9. The number of methoxy groups -OCH3 is 1. The Morgan fingerprint density at radius 2 is 2.05 bits per heavy atom. The van der Waals surface area contributed by atoms with Crippen LogP contribution in [0.2, 0.25) is 0 Å². The number of hydrogen-bond donors (Lipinski definition) is 2. The quantitative estimate of drug-likeness (QED) is 0.874. The number of aliphatic hydroxyl groups is 1. The fraction of sp³-hybridized carbons (Fsp3) is 0.588. The zero-order valence-electron chi connectivity index (χ0n) is 12.9. The molecule has 1 fully saturated rings. The summed E-state index contributed by atoms with van der Waals surface area (Å²) in [7, 11) is 1.64. The molecule has 0 bridgehead atoms. The highest BCUT2D eigenvalue weighted by atomic mass is 16.5. The summed E-state index contributed by atoms with van der Waals surface area (Å²) < 4.78 is 5.29. The van der Waals surface area contributed by atoms with E-state index in [0.717, 1.165) is 42.6 Å². The highest BCUT2D eigenvalue weighted by Crippen LogP contribution is 2.24. The molecule has 0 aliphatic heterocycles. The highest BCUT2D eigenvalue weighted by Gasteiger charge is 2.21. The van der Waals surface area contributed by atoms with Crippen LogP contribution in [0.4, 0.5) is 0 Å². The Hall–Kier alpha value is -1.55. The van der Waals surface area contributed by atoms with Gasteiger partial charge in [-0.25, -0.2) is 0 Å². The molecule has 2 rings (SSSR count). The molecule has 2 N–H and O–H groups in total. The largest absolute Gasteiger partial charge is 0.496 e. The molecule has 116 valence electrons. The van der Waals surface area contributed by atoms with Crippen molar-refractivity contribution < 1.29 is 14.6 Å². The van der Waals surface area contributed by atoms with Gasteiger partial charge in [-0.15, -0.1) is 0 Å². The monoisotopic (exact) mass is 291 g/mol. The van der Waals surface area contributed by atoms with Crippen molar-refractivity contribution in [3.63, 3.8) is 0 Å². The first-order valence-corrected chi connectivity index (χ1v) is 7.66. The standard InChI is InChI=1S/C17H25NO3/c1-12-3-4-14(9-16(12)21-2)10-17(20)18-15-7-5-13(11-19)6-8-15/h3-4,9,13,15,19H,5-8,10-11H2,1-2H3,(H,18,20). The van der Waals surface area contributed by atoms with Gasteiger partial charge in [0.2, 0.25) is 5.91 Å². The van der Waals surface area contributed by atoms with E-state index in [0.29, 0.717) is 12.3 Å². The molecule has 0 atom stereocenters. The SMILES string of the molecule is COc1cc(CC(=O)NC2CCC(CO)CC2)ccc1C. The van der Waals surface area contributed by atoms with Gasteiger partial charge in [0.1, 0.15) is 5.75 Å². The molecule has 0 unspecified atom stereocenters. The van der Waals surface area contributed by atoms with Crippen molar-refractivity contribution in [1.29, 1.82) is 0 Å². The van der Waals surface area contributed by atoms with E-state index in [1.54, 1.807) is 7.11 Å². The van der Waals surface area contributed by atoms with Gasteiger partial charge >= 0.3 is 0 Å². The van der Waals surface area contributed by atoms with E-state index < -0.39 is 0 Å². The van der Waals surface area contributed by atoms with E-state index in [4.69, 9.17) is 9.84 Å². The summed E-state index contributed by atoms with van der Waals surface area (Å²) in [6.45, 7) is 2.26. The molecule has 21 heavy (non-hydrogen) atoms. The van der Waals surface area contributed by atoms with Gasteiger partial charge in [-0.1, -0.05) is 12.1 Å². The number of nitrogens with one attached hydrogen (secondary N) is 1. The number of ether oxygens (including phenoxy) is 1. The maximum absolute atomic E-state index is 12.1. The van der Waals surface area contributed by atoms with Crippen LogP contribution in [0.25, 0.3) is 0 Å². The molecular weight excluding hydrogens is 266 g/mol. The Bertz CT molecular complexity index is 479. The molecule has 1 aliphatic rings. The second kappa shape index (κ2) is 7.46. The van der Waals surface area contributed by atoms with E-state index in [9.17, 15) is 4.79 Å². The van der Waals surface area contributed by atoms with Crippen LogP contribution in [0, 0.1) is 12.8 Å². The zero-order valence-corrected chi connectivity index (χ0v) is 12.9. The molecule has 0 heterocycles. The molecule has 1 amide bonds. The lowest BCUT2D eigenvalue weighted by atomic mass is 9.86. The lowest BCUT2D eigenvalue weighted by molar-refractivity contribution is -0.121. The third-order valence-corrected chi connectivity index (χ3v) is 4.31. The third-order valence-electron chi connectivity index (χ3n) is 4.31. The molecule has 1 saturated carbocycles. The minimum absolute atomic E-state index is 0.0633. The number of benzene rings is 1. The first-order chi connectivity index (χ1) is 10.1. The van der Waals surface area contributed by atoms with Crippen molar-refractivity contribution in [2.45, 2.75) is 45.1 Å². The minimum atomic E-state index is 0.0633. The lowest BCUT2D eigenvalue weighted by Crippen LogP contribution is -2.38. The number of aryl methyl sites for hydroxylation is 1. The topological polar surface area (TPSA) is 58.6 Å². The molecule has 4 nitrogen and oxygen atoms in total. The average molecular weight is 291 g/mol. The van der Waals surface area contributed by atoms with Crippen molar-refractivity contribution in [3.8, 4) is 5.75 Å². The maximum atomic E-state index is 12.1. The lowest BCUT2D eigenvalue weighted by Gasteiger charge is -2.28.